The van der Waals surface area contributed by atoms with Gasteiger partial charge in [-0.05, 0) is 42.0 Å². The van der Waals surface area contributed by atoms with Crippen molar-refractivity contribution < 1.29 is 19.1 Å². The van der Waals surface area contributed by atoms with Crippen molar-refractivity contribution in [3.63, 3.8) is 0 Å². The van der Waals surface area contributed by atoms with Gasteiger partial charge < -0.3 is 10.4 Å². The first-order valence-electron chi connectivity index (χ1n) is 6.45. The Kier molecular flexibility index (Phi) is 5.00. The molecule has 1 fully saturated rings. The van der Waals surface area contributed by atoms with Crippen LogP contribution in [0, 0.1) is 11.7 Å². The van der Waals surface area contributed by atoms with E-state index in [1.807, 2.05) is 11.8 Å². The molecule has 1 aromatic carbocycles. The van der Waals surface area contributed by atoms with E-state index in [1.165, 1.54) is 18.2 Å². The Labute approximate surface area is 120 Å². The Balaban J connectivity index is 2.00. The lowest BCUT2D eigenvalue weighted by atomic mass is 10.0. The number of rotatable bonds is 4. The van der Waals surface area contributed by atoms with Gasteiger partial charge in [0.1, 0.15) is 5.82 Å². The van der Waals surface area contributed by atoms with Crippen molar-refractivity contribution in [1.29, 1.82) is 0 Å². The van der Waals surface area contributed by atoms with Gasteiger partial charge >= 0.3 is 5.97 Å². The van der Waals surface area contributed by atoms with E-state index >= 15 is 0 Å². The number of carboxylic acids is 1. The van der Waals surface area contributed by atoms with E-state index in [9.17, 15) is 14.0 Å². The maximum absolute atomic E-state index is 13.7. The molecule has 0 unspecified atom stereocenters. The lowest BCUT2D eigenvalue weighted by Gasteiger charge is -2.20. The zero-order chi connectivity index (χ0) is 14.5. The minimum absolute atomic E-state index is 0.0157. The van der Waals surface area contributed by atoms with Crippen LogP contribution in [0.15, 0.2) is 18.2 Å². The second kappa shape index (κ2) is 6.74. The molecule has 4 nitrogen and oxygen atoms in total. The van der Waals surface area contributed by atoms with E-state index in [0.717, 1.165) is 24.3 Å². The molecule has 0 saturated carbocycles. The molecule has 2 N–H and O–H groups in total. The predicted octanol–water partition coefficient (Wildman–Crippen LogP) is 2.53. The van der Waals surface area contributed by atoms with Crippen molar-refractivity contribution in [2.75, 3.05) is 16.8 Å². The Bertz CT molecular complexity index is 515. The molecule has 20 heavy (non-hydrogen) atoms. The molecule has 1 heterocycles. The second-order valence-corrected chi connectivity index (χ2v) is 5.98. The first-order valence-corrected chi connectivity index (χ1v) is 7.60. The standard InChI is InChI=1S/C14H16FNO3S/c15-12-8-11(2-1-10(12)7-13(17)18)16-14(19)9-3-5-20-6-4-9/h1-2,8-9H,3-7H2,(H,16,19)(H,17,18). The van der Waals surface area contributed by atoms with Crippen LogP contribution < -0.4 is 5.32 Å². The van der Waals surface area contributed by atoms with Crippen molar-refractivity contribution in [2.45, 2.75) is 19.3 Å². The van der Waals surface area contributed by atoms with Crippen molar-refractivity contribution in [3.8, 4) is 0 Å². The summed E-state index contributed by atoms with van der Waals surface area (Å²) >= 11 is 1.84. The summed E-state index contributed by atoms with van der Waals surface area (Å²) in [6.45, 7) is 0. The normalized spacial score (nSPS) is 15.8. The van der Waals surface area contributed by atoms with Gasteiger partial charge in [-0.25, -0.2) is 4.39 Å². The average Bonchev–Trinajstić information content (AvgIpc) is 2.42. The summed E-state index contributed by atoms with van der Waals surface area (Å²) in [5.74, 6) is 0.159. The average molecular weight is 297 g/mol. The first kappa shape index (κ1) is 14.8. The van der Waals surface area contributed by atoms with Crippen molar-refractivity contribution in [2.24, 2.45) is 5.92 Å². The molecule has 0 aliphatic carbocycles. The SMILES string of the molecule is O=C(O)Cc1ccc(NC(=O)C2CCSCC2)cc1F. The Morgan fingerprint density at radius 2 is 2.05 bits per heavy atom. The zero-order valence-electron chi connectivity index (χ0n) is 10.9. The number of hydrogen-bond donors (Lipinski definition) is 2. The second-order valence-electron chi connectivity index (χ2n) is 4.75. The zero-order valence-corrected chi connectivity index (χ0v) is 11.7. The fraction of sp³-hybridized carbons (Fsp3) is 0.429. The van der Waals surface area contributed by atoms with Crippen molar-refractivity contribution in [1.82, 2.24) is 0 Å². The van der Waals surface area contributed by atoms with Crippen LogP contribution in [0.3, 0.4) is 0 Å². The first-order chi connectivity index (χ1) is 9.56. The van der Waals surface area contributed by atoms with Gasteiger partial charge in [-0.3, -0.25) is 9.59 Å². The molecule has 1 aromatic rings. The molecule has 0 atom stereocenters. The van der Waals surface area contributed by atoms with Gasteiger partial charge in [-0.1, -0.05) is 6.07 Å². The Hall–Kier alpha value is -1.56. The number of carboxylic acid groups (broad SMARTS) is 1. The van der Waals surface area contributed by atoms with E-state index in [-0.39, 0.29) is 23.8 Å². The van der Waals surface area contributed by atoms with E-state index in [4.69, 9.17) is 5.11 Å². The minimum atomic E-state index is -1.08. The van der Waals surface area contributed by atoms with E-state index in [0.29, 0.717) is 5.69 Å². The molecular weight excluding hydrogens is 281 g/mol. The van der Waals surface area contributed by atoms with Crippen molar-refractivity contribution >= 4 is 29.3 Å². The van der Waals surface area contributed by atoms with Gasteiger partial charge in [0.25, 0.3) is 0 Å². The number of aliphatic carboxylic acids is 1. The van der Waals surface area contributed by atoms with Crippen LogP contribution in [0.5, 0.6) is 0 Å². The number of thioether (sulfide) groups is 1. The third-order valence-electron chi connectivity index (χ3n) is 3.25. The summed E-state index contributed by atoms with van der Waals surface area (Å²) in [7, 11) is 0. The molecule has 1 aliphatic rings. The molecule has 1 saturated heterocycles. The summed E-state index contributed by atoms with van der Waals surface area (Å²) in [5.41, 5.74) is 0.490. The number of carbonyl (C=O) groups excluding carboxylic acids is 1. The Morgan fingerprint density at radius 3 is 2.65 bits per heavy atom. The van der Waals surface area contributed by atoms with E-state index < -0.39 is 11.8 Å². The maximum atomic E-state index is 13.7. The molecule has 1 amide bonds. The smallest absolute Gasteiger partial charge is 0.307 e. The highest BCUT2D eigenvalue weighted by atomic mass is 32.2. The largest absolute Gasteiger partial charge is 0.481 e. The quantitative estimate of drug-likeness (QED) is 0.896. The van der Waals surface area contributed by atoms with E-state index in [2.05, 4.69) is 5.32 Å². The third-order valence-corrected chi connectivity index (χ3v) is 4.30. The molecule has 0 aromatic heterocycles. The summed E-state index contributed by atoms with van der Waals surface area (Å²) in [6.07, 6.45) is 1.33. The van der Waals surface area contributed by atoms with Crippen LogP contribution >= 0.6 is 11.8 Å². The summed E-state index contributed by atoms with van der Waals surface area (Å²) in [6, 6.07) is 4.11. The third kappa shape index (κ3) is 3.96. The topological polar surface area (TPSA) is 66.4 Å². The number of anilines is 1. The van der Waals surface area contributed by atoms with Crippen LogP contribution in [0.1, 0.15) is 18.4 Å². The molecule has 108 valence electrons. The highest BCUT2D eigenvalue weighted by molar-refractivity contribution is 7.99. The van der Waals surface area contributed by atoms with Crippen LogP contribution in [-0.2, 0) is 16.0 Å². The van der Waals surface area contributed by atoms with Gasteiger partial charge in [0.05, 0.1) is 6.42 Å². The monoisotopic (exact) mass is 297 g/mol. The summed E-state index contributed by atoms with van der Waals surface area (Å²) in [5, 5.41) is 11.3. The molecule has 6 heteroatoms. The van der Waals surface area contributed by atoms with Crippen molar-refractivity contribution in [3.05, 3.63) is 29.6 Å². The minimum Gasteiger partial charge on any atom is -0.481 e. The number of carbonyl (C=O) groups is 2. The number of amides is 1. The highest BCUT2D eigenvalue weighted by Crippen LogP contribution is 2.24. The summed E-state index contributed by atoms with van der Waals surface area (Å²) in [4.78, 5) is 22.6. The van der Waals surface area contributed by atoms with Gasteiger partial charge in [0.2, 0.25) is 5.91 Å². The molecule has 2 rings (SSSR count). The van der Waals surface area contributed by atoms with Crippen LogP contribution in [0.25, 0.3) is 0 Å². The predicted molar refractivity (Wildman–Crippen MR) is 76.4 cm³/mol. The lowest BCUT2D eigenvalue weighted by molar-refractivity contribution is -0.136. The fourth-order valence-corrected chi connectivity index (χ4v) is 3.24. The van der Waals surface area contributed by atoms with Gasteiger partial charge in [-0.15, -0.1) is 0 Å². The van der Waals surface area contributed by atoms with Gasteiger partial charge in [-0.2, -0.15) is 11.8 Å². The number of nitrogens with one attached hydrogen (secondary N) is 1. The number of benzene rings is 1. The van der Waals surface area contributed by atoms with Crippen LogP contribution in [0.4, 0.5) is 10.1 Å². The fourth-order valence-electron chi connectivity index (χ4n) is 2.14. The number of hydrogen-bond acceptors (Lipinski definition) is 3. The van der Waals surface area contributed by atoms with Gasteiger partial charge in [0, 0.05) is 11.6 Å². The molecular formula is C14H16FNO3S. The summed E-state index contributed by atoms with van der Waals surface area (Å²) < 4.78 is 13.7. The molecule has 1 aliphatic heterocycles. The molecule has 0 spiro atoms. The number of halogens is 1. The van der Waals surface area contributed by atoms with Gasteiger partial charge in [0.15, 0.2) is 0 Å². The molecule has 0 bridgehead atoms. The van der Waals surface area contributed by atoms with E-state index in [1.54, 1.807) is 0 Å². The van der Waals surface area contributed by atoms with Crippen LogP contribution in [-0.4, -0.2) is 28.5 Å². The highest BCUT2D eigenvalue weighted by Gasteiger charge is 2.21. The Morgan fingerprint density at radius 1 is 1.35 bits per heavy atom. The van der Waals surface area contributed by atoms with Crippen LogP contribution in [0.2, 0.25) is 0 Å². The molecule has 0 radical (unpaired) electrons. The lowest BCUT2D eigenvalue weighted by Crippen LogP contribution is -2.26. The maximum Gasteiger partial charge on any atom is 0.307 e.